The molecule has 2 rings (SSSR count). The lowest BCUT2D eigenvalue weighted by atomic mass is 10.4. The first-order valence-electron chi connectivity index (χ1n) is 2.34. The maximum absolute atomic E-state index is 3.12. The molecule has 0 aromatic carbocycles. The Balaban J connectivity index is 2.17. The van der Waals surface area contributed by atoms with Crippen LogP contribution in [-0.4, -0.2) is 0 Å². The standard InChI is InChI=1S/C6H5P/c7-6-3-5(6)4-1-2-4/h1H,2,7H2. The van der Waals surface area contributed by atoms with E-state index in [4.69, 9.17) is 0 Å². The number of rotatable bonds is 1. The van der Waals surface area contributed by atoms with E-state index in [9.17, 15) is 0 Å². The molecule has 0 saturated heterocycles. The van der Waals surface area contributed by atoms with E-state index in [0.717, 1.165) is 0 Å². The van der Waals surface area contributed by atoms with E-state index >= 15 is 0 Å². The van der Waals surface area contributed by atoms with Crippen LogP contribution in [0.1, 0.15) is 6.42 Å². The summed E-state index contributed by atoms with van der Waals surface area (Å²) >= 11 is 0. The van der Waals surface area contributed by atoms with Gasteiger partial charge in [0.2, 0.25) is 0 Å². The Hall–Kier alpha value is -0.310. The quantitative estimate of drug-likeness (QED) is 0.353. The molecule has 7 heavy (non-hydrogen) atoms. The van der Waals surface area contributed by atoms with E-state index in [1.165, 1.54) is 22.9 Å². The fourth-order valence-corrected chi connectivity index (χ4v) is 0.942. The lowest BCUT2D eigenvalue weighted by Crippen LogP contribution is -1.55. The second-order valence-corrected chi connectivity index (χ2v) is 2.42. The zero-order valence-corrected chi connectivity index (χ0v) is 5.02. The van der Waals surface area contributed by atoms with Crippen molar-refractivity contribution >= 4 is 9.24 Å². The summed E-state index contributed by atoms with van der Waals surface area (Å²) in [6, 6.07) is 0. The van der Waals surface area contributed by atoms with Crippen molar-refractivity contribution in [3.63, 3.8) is 0 Å². The summed E-state index contributed by atoms with van der Waals surface area (Å²) < 4.78 is 0. The maximum Gasteiger partial charge on any atom is 0.0352 e. The third kappa shape index (κ3) is 0.481. The van der Waals surface area contributed by atoms with Gasteiger partial charge >= 0.3 is 0 Å². The molecular weight excluding hydrogens is 103 g/mol. The van der Waals surface area contributed by atoms with E-state index in [1.807, 2.05) is 0 Å². The molecule has 1 atom stereocenters. The van der Waals surface area contributed by atoms with E-state index in [2.05, 4.69) is 21.0 Å². The number of allylic oxidation sites excluding steroid dienone is 3. The van der Waals surface area contributed by atoms with E-state index in [-0.39, 0.29) is 0 Å². The summed E-state index contributed by atoms with van der Waals surface area (Å²) in [6.07, 6.45) is 3.43. The van der Waals surface area contributed by atoms with Gasteiger partial charge in [-0.3, -0.25) is 0 Å². The van der Waals surface area contributed by atoms with Gasteiger partial charge in [-0.1, -0.05) is 15.3 Å². The van der Waals surface area contributed by atoms with Crippen molar-refractivity contribution in [1.29, 1.82) is 0 Å². The Morgan fingerprint density at radius 3 is 2.43 bits per heavy atom. The van der Waals surface area contributed by atoms with Gasteiger partial charge < -0.3 is 0 Å². The van der Waals surface area contributed by atoms with Crippen LogP contribution < -0.4 is 0 Å². The monoisotopic (exact) mass is 108 g/mol. The van der Waals surface area contributed by atoms with Gasteiger partial charge in [-0.2, -0.15) is 0 Å². The van der Waals surface area contributed by atoms with Crippen molar-refractivity contribution in [3.05, 3.63) is 28.3 Å². The Bertz CT molecular complexity index is 214. The van der Waals surface area contributed by atoms with Crippen molar-refractivity contribution in [2.24, 2.45) is 0 Å². The normalized spacial score (nSPS) is 22.7. The number of hydrogen-bond acceptors (Lipinski definition) is 0. The highest BCUT2D eigenvalue weighted by atomic mass is 31.0. The zero-order valence-electron chi connectivity index (χ0n) is 3.86. The molecule has 0 bridgehead atoms. The molecule has 1 unspecified atom stereocenters. The molecule has 2 aliphatic carbocycles. The first-order valence-corrected chi connectivity index (χ1v) is 2.92. The highest BCUT2D eigenvalue weighted by Crippen LogP contribution is 2.40. The summed E-state index contributed by atoms with van der Waals surface area (Å²) in [4.78, 5) is 0. The van der Waals surface area contributed by atoms with Crippen LogP contribution >= 0.6 is 9.24 Å². The highest BCUT2D eigenvalue weighted by Gasteiger charge is 2.20. The van der Waals surface area contributed by atoms with Gasteiger partial charge in [0.15, 0.2) is 0 Å². The molecule has 0 saturated carbocycles. The average molecular weight is 108 g/mol. The fraction of sp³-hybridized carbons (Fsp3) is 0.167. The first-order chi connectivity index (χ1) is 3.38. The third-order valence-corrected chi connectivity index (χ3v) is 1.63. The van der Waals surface area contributed by atoms with Crippen LogP contribution in [0.5, 0.6) is 0 Å². The Morgan fingerprint density at radius 2 is 2.29 bits per heavy atom. The van der Waals surface area contributed by atoms with Crippen LogP contribution in [0, 0.1) is 0 Å². The number of hydrogen-bond donors (Lipinski definition) is 0. The molecule has 0 nitrogen and oxygen atoms in total. The molecule has 0 heterocycles. The molecule has 0 aromatic heterocycles. The van der Waals surface area contributed by atoms with Crippen molar-refractivity contribution in [1.82, 2.24) is 0 Å². The van der Waals surface area contributed by atoms with Crippen molar-refractivity contribution < 1.29 is 0 Å². The summed E-state index contributed by atoms with van der Waals surface area (Å²) in [5.74, 6) is 0. The van der Waals surface area contributed by atoms with Crippen molar-refractivity contribution in [3.8, 4) is 0 Å². The second kappa shape index (κ2) is 0.916. The largest absolute Gasteiger partial charge is 0.102 e. The minimum atomic E-state index is 1.21. The predicted molar refractivity (Wildman–Crippen MR) is 32.9 cm³/mol. The molecule has 0 aliphatic heterocycles. The van der Waals surface area contributed by atoms with Gasteiger partial charge in [-0.15, -0.1) is 5.73 Å². The molecule has 0 N–H and O–H groups in total. The van der Waals surface area contributed by atoms with Crippen LogP contribution in [0.2, 0.25) is 0 Å². The van der Waals surface area contributed by atoms with Gasteiger partial charge in [0.1, 0.15) is 0 Å². The SMILES string of the molecule is PC1=C=C1C1=CC1. The van der Waals surface area contributed by atoms with Crippen LogP contribution in [0.15, 0.2) is 28.3 Å². The Labute approximate surface area is 44.8 Å². The molecule has 34 valence electrons. The fourth-order valence-electron chi connectivity index (χ4n) is 0.612. The molecule has 1 heteroatoms. The van der Waals surface area contributed by atoms with Gasteiger partial charge in [0.25, 0.3) is 0 Å². The van der Waals surface area contributed by atoms with Gasteiger partial charge in [0.05, 0.1) is 0 Å². The van der Waals surface area contributed by atoms with E-state index in [0.29, 0.717) is 0 Å². The minimum Gasteiger partial charge on any atom is -0.102 e. The average Bonchev–Trinajstić information content (AvgIpc) is 2.23. The third-order valence-electron chi connectivity index (χ3n) is 1.20. The zero-order chi connectivity index (χ0) is 4.85. The first kappa shape index (κ1) is 3.66. The van der Waals surface area contributed by atoms with Crippen LogP contribution in [0.3, 0.4) is 0 Å². The lowest BCUT2D eigenvalue weighted by Gasteiger charge is -1.74. The molecular formula is C6H5P. The second-order valence-electron chi connectivity index (χ2n) is 1.85. The predicted octanol–water partition coefficient (Wildman–Crippen LogP) is 1.61. The van der Waals surface area contributed by atoms with E-state index in [1.54, 1.807) is 0 Å². The molecule has 0 fully saturated rings. The molecule has 0 spiro atoms. The lowest BCUT2D eigenvalue weighted by molar-refractivity contribution is 1.56. The van der Waals surface area contributed by atoms with Crippen LogP contribution in [0.4, 0.5) is 0 Å². The highest BCUT2D eigenvalue weighted by molar-refractivity contribution is 7.23. The van der Waals surface area contributed by atoms with Gasteiger partial charge in [-0.25, -0.2) is 0 Å². The van der Waals surface area contributed by atoms with Gasteiger partial charge in [-0.05, 0) is 12.0 Å². The molecule has 0 aromatic rings. The summed E-state index contributed by atoms with van der Waals surface area (Å²) in [5, 5.41) is 1.28. The summed E-state index contributed by atoms with van der Waals surface area (Å²) in [5.41, 5.74) is 5.98. The minimum absolute atomic E-state index is 1.21. The van der Waals surface area contributed by atoms with Crippen molar-refractivity contribution in [2.75, 3.05) is 0 Å². The van der Waals surface area contributed by atoms with Crippen molar-refractivity contribution in [2.45, 2.75) is 6.42 Å². The Kier molecular flexibility index (Phi) is 0.479. The summed E-state index contributed by atoms with van der Waals surface area (Å²) in [6.45, 7) is 0. The van der Waals surface area contributed by atoms with Crippen LogP contribution in [0.25, 0.3) is 0 Å². The molecule has 0 radical (unpaired) electrons. The van der Waals surface area contributed by atoms with E-state index < -0.39 is 0 Å². The summed E-state index contributed by atoms with van der Waals surface area (Å²) in [7, 11) is 2.64. The Morgan fingerprint density at radius 1 is 1.71 bits per heavy atom. The topological polar surface area (TPSA) is 0 Å². The molecule has 2 aliphatic rings. The van der Waals surface area contributed by atoms with Gasteiger partial charge in [0, 0.05) is 10.9 Å². The molecule has 0 amide bonds. The maximum atomic E-state index is 3.12. The smallest absolute Gasteiger partial charge is 0.0352 e. The van der Waals surface area contributed by atoms with Crippen LogP contribution in [-0.2, 0) is 0 Å².